The van der Waals surface area contributed by atoms with Crippen LogP contribution in [0.15, 0.2) is 42.7 Å². The van der Waals surface area contributed by atoms with Gasteiger partial charge in [0.15, 0.2) is 28.5 Å². The lowest BCUT2D eigenvalue weighted by atomic mass is 10.1. The maximum Gasteiger partial charge on any atom is 0.253 e. The zero-order chi connectivity index (χ0) is 28.4. The standard InChI is InChI=1S/C29H35N7O4/c1-18(2)36-27(19-7-9-20(10-8-19)29(37)35-13-11-34(3)12-14-35)33-24-26(30-17-31-28(24)36)32-21-15-22(38-4)25(40-6)23(16-21)39-5/h7-10,15-18H,11-14H2,1-6H3,(H,30,31,32). The molecule has 0 atom stereocenters. The number of anilines is 2. The third-order valence-corrected chi connectivity index (χ3v) is 7.10. The van der Waals surface area contributed by atoms with Crippen molar-refractivity contribution in [1.29, 1.82) is 0 Å². The van der Waals surface area contributed by atoms with Gasteiger partial charge in [-0.05, 0) is 33.0 Å². The topological polar surface area (TPSA) is 107 Å². The zero-order valence-electron chi connectivity index (χ0n) is 23.8. The van der Waals surface area contributed by atoms with E-state index in [0.717, 1.165) is 37.6 Å². The molecule has 11 nitrogen and oxygen atoms in total. The highest BCUT2D eigenvalue weighted by Crippen LogP contribution is 2.41. The van der Waals surface area contributed by atoms with Crippen molar-refractivity contribution in [2.45, 2.75) is 19.9 Å². The van der Waals surface area contributed by atoms with Crippen LogP contribution in [-0.4, -0.2) is 89.8 Å². The summed E-state index contributed by atoms with van der Waals surface area (Å²) in [5, 5.41) is 3.35. The molecule has 40 heavy (non-hydrogen) atoms. The molecule has 0 spiro atoms. The number of nitrogens with zero attached hydrogens (tertiary/aromatic N) is 6. The number of rotatable bonds is 8. The van der Waals surface area contributed by atoms with Crippen molar-refractivity contribution in [1.82, 2.24) is 29.3 Å². The van der Waals surface area contributed by atoms with Crippen LogP contribution in [0.1, 0.15) is 30.2 Å². The molecule has 1 saturated heterocycles. The summed E-state index contributed by atoms with van der Waals surface area (Å²) in [6.07, 6.45) is 1.52. The molecule has 3 heterocycles. The van der Waals surface area contributed by atoms with Gasteiger partial charge in [0.25, 0.3) is 5.91 Å². The number of benzene rings is 2. The van der Waals surface area contributed by atoms with Gasteiger partial charge in [-0.2, -0.15) is 0 Å². The maximum absolute atomic E-state index is 13.1. The van der Waals surface area contributed by atoms with Crippen LogP contribution in [0.3, 0.4) is 0 Å². The van der Waals surface area contributed by atoms with Gasteiger partial charge in [-0.3, -0.25) is 4.79 Å². The Bertz CT molecular complexity index is 1480. The fourth-order valence-electron chi connectivity index (χ4n) is 4.94. The van der Waals surface area contributed by atoms with Gasteiger partial charge < -0.3 is 33.9 Å². The smallest absolute Gasteiger partial charge is 0.253 e. The average molecular weight is 546 g/mol. The number of nitrogens with one attached hydrogen (secondary N) is 1. The average Bonchev–Trinajstić information content (AvgIpc) is 3.38. The summed E-state index contributed by atoms with van der Waals surface area (Å²) in [6, 6.07) is 11.3. The Balaban J connectivity index is 1.50. The van der Waals surface area contributed by atoms with Gasteiger partial charge in [-0.15, -0.1) is 0 Å². The lowest BCUT2D eigenvalue weighted by Crippen LogP contribution is -2.47. The van der Waals surface area contributed by atoms with E-state index in [-0.39, 0.29) is 11.9 Å². The lowest BCUT2D eigenvalue weighted by molar-refractivity contribution is 0.0664. The molecule has 0 radical (unpaired) electrons. The molecule has 0 bridgehead atoms. The SMILES string of the molecule is COc1cc(Nc2ncnc3c2nc(-c2ccc(C(=O)N4CCN(C)CC4)cc2)n3C(C)C)cc(OC)c1OC. The second-order valence-electron chi connectivity index (χ2n) is 10.0. The number of hydrogen-bond acceptors (Lipinski definition) is 9. The molecule has 1 fully saturated rings. The number of carbonyl (C=O) groups excluding carboxylic acids is 1. The lowest BCUT2D eigenvalue weighted by Gasteiger charge is -2.32. The van der Waals surface area contributed by atoms with Gasteiger partial charge >= 0.3 is 0 Å². The molecular weight excluding hydrogens is 510 g/mol. The van der Waals surface area contributed by atoms with Crippen LogP contribution in [0.4, 0.5) is 11.5 Å². The fourth-order valence-corrected chi connectivity index (χ4v) is 4.94. The van der Waals surface area contributed by atoms with Crippen LogP contribution in [0.25, 0.3) is 22.6 Å². The molecule has 1 aliphatic heterocycles. The Labute approximate surface area is 233 Å². The van der Waals surface area contributed by atoms with Crippen molar-refractivity contribution in [2.24, 2.45) is 0 Å². The number of carbonyl (C=O) groups is 1. The number of aromatic nitrogens is 4. The molecule has 1 amide bonds. The monoisotopic (exact) mass is 545 g/mol. The number of methoxy groups -OCH3 is 3. The van der Waals surface area contributed by atoms with E-state index in [1.165, 1.54) is 6.33 Å². The van der Waals surface area contributed by atoms with Gasteiger partial charge in [0.1, 0.15) is 12.2 Å². The summed E-state index contributed by atoms with van der Waals surface area (Å²) in [5.41, 5.74) is 3.58. The number of piperazine rings is 1. The highest BCUT2D eigenvalue weighted by atomic mass is 16.5. The van der Waals surface area contributed by atoms with Crippen molar-refractivity contribution in [3.05, 3.63) is 48.3 Å². The first-order chi connectivity index (χ1) is 19.3. The van der Waals surface area contributed by atoms with Crippen LogP contribution in [0.2, 0.25) is 0 Å². The van der Waals surface area contributed by atoms with Crippen LogP contribution in [0.5, 0.6) is 17.2 Å². The van der Waals surface area contributed by atoms with Crippen molar-refractivity contribution < 1.29 is 19.0 Å². The molecule has 0 saturated carbocycles. The van der Waals surface area contributed by atoms with Gasteiger partial charge in [0.05, 0.1) is 21.3 Å². The molecule has 0 unspecified atom stereocenters. The molecule has 210 valence electrons. The minimum atomic E-state index is 0.0553. The van der Waals surface area contributed by atoms with Crippen molar-refractivity contribution in [3.8, 4) is 28.6 Å². The Morgan fingerprint density at radius 1 is 0.925 bits per heavy atom. The molecule has 2 aromatic heterocycles. The van der Waals surface area contributed by atoms with E-state index >= 15 is 0 Å². The molecule has 11 heteroatoms. The molecule has 1 N–H and O–H groups in total. The van der Waals surface area contributed by atoms with Gasteiger partial charge in [0.2, 0.25) is 5.75 Å². The second-order valence-corrected chi connectivity index (χ2v) is 10.0. The predicted octanol–water partition coefficient (Wildman–Crippen LogP) is 4.23. The quantitative estimate of drug-likeness (QED) is 0.348. The number of fused-ring (bicyclic) bond motifs is 1. The van der Waals surface area contributed by atoms with Crippen molar-refractivity contribution in [3.63, 3.8) is 0 Å². The van der Waals surface area contributed by atoms with Gasteiger partial charge in [0, 0.05) is 61.2 Å². The largest absolute Gasteiger partial charge is 0.493 e. The van der Waals surface area contributed by atoms with E-state index in [9.17, 15) is 4.79 Å². The van der Waals surface area contributed by atoms with Crippen LogP contribution in [-0.2, 0) is 0 Å². The third-order valence-electron chi connectivity index (χ3n) is 7.10. The first kappa shape index (κ1) is 27.2. The summed E-state index contributed by atoms with van der Waals surface area (Å²) in [7, 11) is 6.79. The highest BCUT2D eigenvalue weighted by molar-refractivity contribution is 5.95. The van der Waals surface area contributed by atoms with E-state index in [0.29, 0.717) is 45.5 Å². The first-order valence-corrected chi connectivity index (χ1v) is 13.2. The number of imidazole rings is 1. The summed E-state index contributed by atoms with van der Waals surface area (Å²) in [6.45, 7) is 7.42. The van der Waals surface area contributed by atoms with E-state index in [2.05, 4.69) is 45.6 Å². The van der Waals surface area contributed by atoms with E-state index in [1.807, 2.05) is 41.3 Å². The molecule has 5 rings (SSSR count). The van der Waals surface area contributed by atoms with Crippen LogP contribution in [0, 0.1) is 0 Å². The summed E-state index contributed by atoms with van der Waals surface area (Å²) in [5.74, 6) is 2.89. The third kappa shape index (κ3) is 5.12. The number of amides is 1. The van der Waals surface area contributed by atoms with Gasteiger partial charge in [-0.1, -0.05) is 12.1 Å². The Hall–Kier alpha value is -4.38. The molecule has 4 aromatic rings. The van der Waals surface area contributed by atoms with E-state index in [1.54, 1.807) is 21.3 Å². The summed E-state index contributed by atoms with van der Waals surface area (Å²) >= 11 is 0. The predicted molar refractivity (Wildman–Crippen MR) is 154 cm³/mol. The van der Waals surface area contributed by atoms with Crippen molar-refractivity contribution in [2.75, 3.05) is 59.9 Å². The maximum atomic E-state index is 13.1. The summed E-state index contributed by atoms with van der Waals surface area (Å²) in [4.78, 5) is 31.2. The normalized spacial score (nSPS) is 14.0. The fraction of sp³-hybridized carbons (Fsp3) is 0.379. The summed E-state index contributed by atoms with van der Waals surface area (Å²) < 4.78 is 18.5. The molecular formula is C29H35N7O4. The van der Waals surface area contributed by atoms with E-state index in [4.69, 9.17) is 19.2 Å². The van der Waals surface area contributed by atoms with Crippen LogP contribution >= 0.6 is 0 Å². The molecule has 2 aromatic carbocycles. The van der Waals surface area contributed by atoms with Crippen LogP contribution < -0.4 is 19.5 Å². The number of likely N-dealkylation sites (N-methyl/N-ethyl adjacent to an activating group) is 1. The van der Waals surface area contributed by atoms with Crippen molar-refractivity contribution >= 4 is 28.6 Å². The number of hydrogen-bond donors (Lipinski definition) is 1. The van der Waals surface area contributed by atoms with Gasteiger partial charge in [-0.25, -0.2) is 15.0 Å². The number of ether oxygens (including phenoxy) is 3. The first-order valence-electron chi connectivity index (χ1n) is 13.2. The Morgan fingerprint density at radius 3 is 2.15 bits per heavy atom. The minimum absolute atomic E-state index is 0.0553. The minimum Gasteiger partial charge on any atom is -0.493 e. The molecule has 0 aliphatic carbocycles. The second kappa shape index (κ2) is 11.4. The zero-order valence-corrected chi connectivity index (χ0v) is 23.8. The Morgan fingerprint density at radius 2 is 1.57 bits per heavy atom. The Kier molecular flexibility index (Phi) is 7.74. The van der Waals surface area contributed by atoms with E-state index < -0.39 is 0 Å². The molecule has 1 aliphatic rings. The highest BCUT2D eigenvalue weighted by Gasteiger charge is 2.23.